The molecule has 0 aliphatic heterocycles. The van der Waals surface area contributed by atoms with Gasteiger partial charge in [0.05, 0.1) is 12.7 Å². The van der Waals surface area contributed by atoms with Gasteiger partial charge in [0.1, 0.15) is 5.69 Å². The Morgan fingerprint density at radius 2 is 2.41 bits per heavy atom. The van der Waals surface area contributed by atoms with Crippen LogP contribution in [-0.2, 0) is 4.74 Å². The van der Waals surface area contributed by atoms with Crippen LogP contribution in [0.1, 0.15) is 10.5 Å². The van der Waals surface area contributed by atoms with E-state index in [2.05, 4.69) is 4.98 Å². The highest BCUT2D eigenvalue weighted by Gasteiger charge is 2.16. The van der Waals surface area contributed by atoms with Crippen molar-refractivity contribution in [3.63, 3.8) is 0 Å². The Balaban J connectivity index is 2.63. The van der Waals surface area contributed by atoms with Crippen LogP contribution in [0.2, 0.25) is 5.02 Å². The number of ether oxygens (including phenoxy) is 1. The van der Waals surface area contributed by atoms with Gasteiger partial charge in [0.15, 0.2) is 0 Å². The maximum atomic E-state index is 11.9. The lowest BCUT2D eigenvalue weighted by Gasteiger charge is -2.20. The molecule has 0 bridgehead atoms. The number of aliphatic hydroxyl groups is 1. The van der Waals surface area contributed by atoms with Crippen LogP contribution >= 0.6 is 11.6 Å². The fourth-order valence-electron chi connectivity index (χ4n) is 1.36. The number of carbonyl (C=O) groups excluding carboxylic acids is 1. The number of amides is 1. The summed E-state index contributed by atoms with van der Waals surface area (Å²) in [5, 5.41) is 9.96. The standard InChI is InChI=1S/C11H15ClN2O3/c1-14(6-9(15)7-17-2)11(16)10-5-8(12)3-4-13-10/h3-5,9,15H,6-7H2,1-2H3. The van der Waals surface area contributed by atoms with Gasteiger partial charge in [0, 0.05) is 31.9 Å². The van der Waals surface area contributed by atoms with E-state index in [9.17, 15) is 9.90 Å². The van der Waals surface area contributed by atoms with Crippen LogP contribution < -0.4 is 0 Å². The summed E-state index contributed by atoms with van der Waals surface area (Å²) >= 11 is 5.77. The van der Waals surface area contributed by atoms with Crippen molar-refractivity contribution < 1.29 is 14.6 Å². The van der Waals surface area contributed by atoms with E-state index in [4.69, 9.17) is 16.3 Å². The van der Waals surface area contributed by atoms with Gasteiger partial charge in [0.25, 0.3) is 5.91 Å². The minimum Gasteiger partial charge on any atom is -0.389 e. The average Bonchev–Trinajstić information content (AvgIpc) is 2.28. The highest BCUT2D eigenvalue weighted by Crippen LogP contribution is 2.09. The molecule has 1 aromatic heterocycles. The van der Waals surface area contributed by atoms with Gasteiger partial charge in [-0.15, -0.1) is 0 Å². The molecular weight excluding hydrogens is 244 g/mol. The van der Waals surface area contributed by atoms with Crippen molar-refractivity contribution in [1.82, 2.24) is 9.88 Å². The van der Waals surface area contributed by atoms with Crippen LogP contribution in [0.4, 0.5) is 0 Å². The molecule has 1 N–H and O–H groups in total. The van der Waals surface area contributed by atoms with Crippen molar-refractivity contribution in [3.05, 3.63) is 29.0 Å². The molecule has 94 valence electrons. The predicted molar refractivity (Wildman–Crippen MR) is 64.1 cm³/mol. The summed E-state index contributed by atoms with van der Waals surface area (Å²) in [4.78, 5) is 17.2. The molecule has 1 heterocycles. The van der Waals surface area contributed by atoms with Crippen molar-refractivity contribution in [2.45, 2.75) is 6.10 Å². The summed E-state index contributed by atoms with van der Waals surface area (Å²) in [6.07, 6.45) is 0.753. The third kappa shape index (κ3) is 4.30. The van der Waals surface area contributed by atoms with E-state index in [0.29, 0.717) is 5.02 Å². The van der Waals surface area contributed by atoms with Gasteiger partial charge in [-0.3, -0.25) is 9.78 Å². The monoisotopic (exact) mass is 258 g/mol. The van der Waals surface area contributed by atoms with Crippen molar-refractivity contribution in [3.8, 4) is 0 Å². The van der Waals surface area contributed by atoms with E-state index in [1.807, 2.05) is 0 Å². The van der Waals surface area contributed by atoms with Gasteiger partial charge in [-0.05, 0) is 12.1 Å². The van der Waals surface area contributed by atoms with Gasteiger partial charge in [-0.1, -0.05) is 11.6 Å². The summed E-state index contributed by atoms with van der Waals surface area (Å²) in [6, 6.07) is 3.08. The Labute approximate surface area is 105 Å². The number of hydrogen-bond donors (Lipinski definition) is 1. The number of methoxy groups -OCH3 is 1. The molecule has 5 nitrogen and oxygen atoms in total. The van der Waals surface area contributed by atoms with Crippen LogP contribution in [0.25, 0.3) is 0 Å². The number of carbonyl (C=O) groups is 1. The largest absolute Gasteiger partial charge is 0.389 e. The molecule has 0 radical (unpaired) electrons. The van der Waals surface area contributed by atoms with Crippen LogP contribution in [0.3, 0.4) is 0 Å². The average molecular weight is 259 g/mol. The zero-order valence-electron chi connectivity index (χ0n) is 9.76. The lowest BCUT2D eigenvalue weighted by atomic mass is 10.3. The van der Waals surface area contributed by atoms with Crippen molar-refractivity contribution >= 4 is 17.5 Å². The molecule has 6 heteroatoms. The number of aliphatic hydroxyl groups excluding tert-OH is 1. The Hall–Kier alpha value is -1.17. The van der Waals surface area contributed by atoms with Gasteiger partial charge in [-0.25, -0.2) is 0 Å². The van der Waals surface area contributed by atoms with Gasteiger partial charge in [0.2, 0.25) is 0 Å². The predicted octanol–water partition coefficient (Wildman–Crippen LogP) is 0.814. The Bertz CT molecular complexity index is 387. The van der Waals surface area contributed by atoms with Crippen LogP contribution in [0.15, 0.2) is 18.3 Å². The number of hydrogen-bond acceptors (Lipinski definition) is 4. The topological polar surface area (TPSA) is 62.7 Å². The lowest BCUT2D eigenvalue weighted by Crippen LogP contribution is -2.36. The van der Waals surface area contributed by atoms with Crippen LogP contribution in [-0.4, -0.2) is 54.3 Å². The van der Waals surface area contributed by atoms with E-state index in [0.717, 1.165) is 0 Å². The Morgan fingerprint density at radius 1 is 1.71 bits per heavy atom. The molecule has 1 unspecified atom stereocenters. The number of nitrogens with zero attached hydrogens (tertiary/aromatic N) is 2. The lowest BCUT2D eigenvalue weighted by molar-refractivity contribution is 0.0378. The normalized spacial score (nSPS) is 12.2. The van der Waals surface area contributed by atoms with Crippen LogP contribution in [0.5, 0.6) is 0 Å². The van der Waals surface area contributed by atoms with Crippen molar-refractivity contribution in [2.24, 2.45) is 0 Å². The summed E-state index contributed by atoms with van der Waals surface area (Å²) in [7, 11) is 3.08. The smallest absolute Gasteiger partial charge is 0.272 e. The Morgan fingerprint density at radius 3 is 3.00 bits per heavy atom. The highest BCUT2D eigenvalue weighted by atomic mass is 35.5. The molecule has 1 amide bonds. The number of likely N-dealkylation sites (N-methyl/N-ethyl adjacent to an activating group) is 1. The maximum Gasteiger partial charge on any atom is 0.272 e. The van der Waals surface area contributed by atoms with E-state index in [1.165, 1.54) is 24.3 Å². The van der Waals surface area contributed by atoms with Crippen molar-refractivity contribution in [1.29, 1.82) is 0 Å². The summed E-state index contributed by atoms with van der Waals surface area (Å²) in [6.45, 7) is 0.363. The number of halogens is 1. The minimum absolute atomic E-state index is 0.181. The third-order valence-corrected chi connectivity index (χ3v) is 2.37. The molecule has 0 spiro atoms. The summed E-state index contributed by atoms with van der Waals surface area (Å²) in [5.74, 6) is -0.289. The van der Waals surface area contributed by atoms with Crippen molar-refractivity contribution in [2.75, 3.05) is 27.3 Å². The molecular formula is C11H15ClN2O3. The molecule has 1 aromatic rings. The molecule has 1 rings (SSSR count). The third-order valence-electron chi connectivity index (χ3n) is 2.13. The first kappa shape index (κ1) is 13.9. The highest BCUT2D eigenvalue weighted by molar-refractivity contribution is 6.30. The van der Waals surface area contributed by atoms with E-state index >= 15 is 0 Å². The SMILES string of the molecule is COCC(O)CN(C)C(=O)c1cc(Cl)ccn1. The number of rotatable bonds is 5. The molecule has 1 atom stereocenters. The van der Waals surface area contributed by atoms with Gasteiger partial charge >= 0.3 is 0 Å². The zero-order chi connectivity index (χ0) is 12.8. The first-order valence-electron chi connectivity index (χ1n) is 5.08. The van der Waals surface area contributed by atoms with E-state index in [-0.39, 0.29) is 24.8 Å². The van der Waals surface area contributed by atoms with Gasteiger partial charge < -0.3 is 14.7 Å². The number of aromatic nitrogens is 1. The second-order valence-electron chi connectivity index (χ2n) is 3.65. The Kier molecular flexibility index (Phi) is 5.34. The fraction of sp³-hybridized carbons (Fsp3) is 0.455. The molecule has 0 saturated heterocycles. The zero-order valence-corrected chi connectivity index (χ0v) is 10.5. The maximum absolute atomic E-state index is 11.9. The summed E-state index contributed by atoms with van der Waals surface area (Å²) in [5.41, 5.74) is 0.254. The molecule has 0 saturated carbocycles. The number of pyridine rings is 1. The molecule has 0 aliphatic carbocycles. The fourth-order valence-corrected chi connectivity index (χ4v) is 1.52. The quantitative estimate of drug-likeness (QED) is 0.849. The second kappa shape index (κ2) is 6.54. The van der Waals surface area contributed by atoms with Gasteiger partial charge in [-0.2, -0.15) is 0 Å². The molecule has 0 aliphatic rings. The van der Waals surface area contributed by atoms with E-state index in [1.54, 1.807) is 13.1 Å². The molecule has 17 heavy (non-hydrogen) atoms. The molecule has 0 aromatic carbocycles. The minimum atomic E-state index is -0.715. The van der Waals surface area contributed by atoms with E-state index < -0.39 is 6.10 Å². The first-order valence-corrected chi connectivity index (χ1v) is 5.46. The molecule has 0 fully saturated rings. The van der Waals surface area contributed by atoms with Crippen LogP contribution in [0, 0.1) is 0 Å². The second-order valence-corrected chi connectivity index (χ2v) is 4.09. The first-order chi connectivity index (χ1) is 8.04. The summed E-state index contributed by atoms with van der Waals surface area (Å²) < 4.78 is 4.78.